The third kappa shape index (κ3) is 3.79. The number of sulfone groups is 1. The van der Waals surface area contributed by atoms with Crippen molar-refractivity contribution in [2.75, 3.05) is 31.7 Å². The highest BCUT2D eigenvalue weighted by atomic mass is 32.2. The van der Waals surface area contributed by atoms with Crippen molar-refractivity contribution in [2.24, 2.45) is 0 Å². The van der Waals surface area contributed by atoms with Crippen LogP contribution < -0.4 is 0 Å². The molecule has 0 saturated carbocycles. The van der Waals surface area contributed by atoms with Crippen LogP contribution in [0.15, 0.2) is 0 Å². The molecule has 1 saturated heterocycles. The van der Waals surface area contributed by atoms with E-state index in [1.807, 2.05) is 11.8 Å². The van der Waals surface area contributed by atoms with E-state index in [1.165, 1.54) is 7.11 Å². The Balaban J connectivity index is 2.43. The Morgan fingerprint density at radius 1 is 1.40 bits per heavy atom. The van der Waals surface area contributed by atoms with Crippen LogP contribution in [0.3, 0.4) is 0 Å². The van der Waals surface area contributed by atoms with Gasteiger partial charge in [-0.05, 0) is 6.92 Å². The number of methoxy groups -OCH3 is 1. The number of esters is 1. The maximum Gasteiger partial charge on any atom is 0.307 e. The third-order valence-corrected chi connectivity index (χ3v) is 4.30. The molecule has 0 aromatic carbocycles. The fourth-order valence-electron chi connectivity index (χ4n) is 1.62. The van der Waals surface area contributed by atoms with Crippen LogP contribution in [0.4, 0.5) is 0 Å². The summed E-state index contributed by atoms with van der Waals surface area (Å²) in [6, 6.07) is 0.0490. The van der Waals surface area contributed by atoms with Crippen LogP contribution in [0, 0.1) is 0 Å². The molecule has 0 aliphatic carbocycles. The van der Waals surface area contributed by atoms with Gasteiger partial charge in [-0.15, -0.1) is 0 Å². The zero-order valence-corrected chi connectivity index (χ0v) is 9.92. The van der Waals surface area contributed by atoms with E-state index in [1.54, 1.807) is 0 Å². The molecule has 0 amide bonds. The van der Waals surface area contributed by atoms with Gasteiger partial charge in [0.2, 0.25) is 0 Å². The monoisotopic (exact) mass is 235 g/mol. The van der Waals surface area contributed by atoms with Crippen molar-refractivity contribution in [3.05, 3.63) is 0 Å². The number of rotatable bonds is 3. The van der Waals surface area contributed by atoms with Crippen LogP contribution in [0.25, 0.3) is 0 Å². The molecule has 0 spiro atoms. The summed E-state index contributed by atoms with van der Waals surface area (Å²) in [6.07, 6.45) is 0.316. The van der Waals surface area contributed by atoms with Crippen LogP contribution in [0.2, 0.25) is 0 Å². The predicted molar refractivity (Wildman–Crippen MR) is 56.3 cm³/mol. The van der Waals surface area contributed by atoms with Crippen molar-refractivity contribution < 1.29 is 17.9 Å². The molecule has 1 rings (SSSR count). The maximum atomic E-state index is 11.2. The lowest BCUT2D eigenvalue weighted by Crippen LogP contribution is -2.45. The van der Waals surface area contributed by atoms with Crippen LogP contribution >= 0.6 is 0 Å². The molecule has 1 aliphatic heterocycles. The lowest BCUT2D eigenvalue weighted by Gasteiger charge is -2.31. The first kappa shape index (κ1) is 12.4. The molecule has 88 valence electrons. The standard InChI is InChI=1S/C9H17NO4S/c1-8(7-9(11)14-2)10-3-5-15(12,13)6-4-10/h8H,3-7H2,1-2H3. The molecule has 1 fully saturated rings. The largest absolute Gasteiger partial charge is 0.469 e. The highest BCUT2D eigenvalue weighted by molar-refractivity contribution is 7.91. The zero-order valence-electron chi connectivity index (χ0n) is 9.10. The van der Waals surface area contributed by atoms with E-state index in [0.717, 1.165) is 0 Å². The summed E-state index contributed by atoms with van der Waals surface area (Å²) in [5, 5.41) is 0. The summed E-state index contributed by atoms with van der Waals surface area (Å²) < 4.78 is 26.9. The summed E-state index contributed by atoms with van der Waals surface area (Å²) in [7, 11) is -1.48. The zero-order chi connectivity index (χ0) is 11.5. The Morgan fingerprint density at radius 2 is 1.93 bits per heavy atom. The van der Waals surface area contributed by atoms with Gasteiger partial charge in [0.05, 0.1) is 25.0 Å². The minimum atomic E-state index is -2.84. The van der Waals surface area contributed by atoms with Gasteiger partial charge in [0.25, 0.3) is 0 Å². The normalized spacial score (nSPS) is 23.3. The van der Waals surface area contributed by atoms with Crippen LogP contribution in [0.5, 0.6) is 0 Å². The summed E-state index contributed by atoms with van der Waals surface area (Å²) in [4.78, 5) is 13.0. The summed E-state index contributed by atoms with van der Waals surface area (Å²) >= 11 is 0. The molecular formula is C9H17NO4S. The van der Waals surface area contributed by atoms with Crippen molar-refractivity contribution in [1.29, 1.82) is 0 Å². The lowest BCUT2D eigenvalue weighted by atomic mass is 10.2. The Hall–Kier alpha value is -0.620. The van der Waals surface area contributed by atoms with Crippen molar-refractivity contribution in [3.63, 3.8) is 0 Å². The Kier molecular flexibility index (Phi) is 4.10. The van der Waals surface area contributed by atoms with E-state index in [9.17, 15) is 13.2 Å². The number of carbonyl (C=O) groups is 1. The number of ether oxygens (including phenoxy) is 1. The van der Waals surface area contributed by atoms with Gasteiger partial charge in [-0.3, -0.25) is 9.69 Å². The van der Waals surface area contributed by atoms with Gasteiger partial charge in [0, 0.05) is 19.1 Å². The highest BCUT2D eigenvalue weighted by Crippen LogP contribution is 2.10. The van der Waals surface area contributed by atoms with E-state index >= 15 is 0 Å². The molecule has 0 aromatic rings. The molecule has 15 heavy (non-hydrogen) atoms. The summed E-state index contributed by atoms with van der Waals surface area (Å²) in [5.41, 5.74) is 0. The van der Waals surface area contributed by atoms with E-state index < -0.39 is 9.84 Å². The van der Waals surface area contributed by atoms with Gasteiger partial charge in [-0.1, -0.05) is 0 Å². The average molecular weight is 235 g/mol. The molecule has 1 unspecified atom stereocenters. The maximum absolute atomic E-state index is 11.2. The predicted octanol–water partition coefficient (Wildman–Crippen LogP) is -0.332. The number of nitrogens with zero attached hydrogens (tertiary/aromatic N) is 1. The first-order valence-electron chi connectivity index (χ1n) is 4.96. The molecule has 0 bridgehead atoms. The lowest BCUT2D eigenvalue weighted by molar-refractivity contribution is -0.141. The number of hydrogen-bond donors (Lipinski definition) is 0. The van der Waals surface area contributed by atoms with E-state index in [4.69, 9.17) is 0 Å². The van der Waals surface area contributed by atoms with Gasteiger partial charge >= 0.3 is 5.97 Å². The van der Waals surface area contributed by atoms with Crippen molar-refractivity contribution in [3.8, 4) is 0 Å². The second-order valence-electron chi connectivity index (χ2n) is 3.82. The Morgan fingerprint density at radius 3 is 2.40 bits per heavy atom. The van der Waals surface area contributed by atoms with Crippen molar-refractivity contribution in [2.45, 2.75) is 19.4 Å². The molecule has 5 nitrogen and oxygen atoms in total. The third-order valence-electron chi connectivity index (χ3n) is 2.69. The van der Waals surface area contributed by atoms with Gasteiger partial charge in [0.1, 0.15) is 0 Å². The fourth-order valence-corrected chi connectivity index (χ4v) is 2.85. The molecular weight excluding hydrogens is 218 g/mol. The Labute approximate surface area is 90.3 Å². The molecule has 0 radical (unpaired) electrons. The number of carbonyl (C=O) groups excluding carboxylic acids is 1. The molecule has 1 aliphatic rings. The van der Waals surface area contributed by atoms with Crippen molar-refractivity contribution >= 4 is 15.8 Å². The van der Waals surface area contributed by atoms with Crippen molar-refractivity contribution in [1.82, 2.24) is 4.90 Å². The second-order valence-corrected chi connectivity index (χ2v) is 6.12. The minimum absolute atomic E-state index is 0.0490. The first-order chi connectivity index (χ1) is 6.94. The van der Waals surface area contributed by atoms with E-state index in [2.05, 4.69) is 4.74 Å². The molecule has 0 aromatic heterocycles. The highest BCUT2D eigenvalue weighted by Gasteiger charge is 2.25. The van der Waals surface area contributed by atoms with Gasteiger partial charge in [0.15, 0.2) is 9.84 Å². The smallest absolute Gasteiger partial charge is 0.307 e. The SMILES string of the molecule is COC(=O)CC(C)N1CCS(=O)(=O)CC1. The molecule has 6 heteroatoms. The quantitative estimate of drug-likeness (QED) is 0.627. The minimum Gasteiger partial charge on any atom is -0.469 e. The Bertz CT molecular complexity index is 311. The molecule has 1 atom stereocenters. The first-order valence-corrected chi connectivity index (χ1v) is 6.78. The van der Waals surface area contributed by atoms with Gasteiger partial charge < -0.3 is 4.74 Å². The number of hydrogen-bond acceptors (Lipinski definition) is 5. The summed E-state index contributed by atoms with van der Waals surface area (Å²) in [5.74, 6) is 0.132. The fraction of sp³-hybridized carbons (Fsp3) is 0.889. The van der Waals surface area contributed by atoms with E-state index in [-0.39, 0.29) is 23.5 Å². The topological polar surface area (TPSA) is 63.7 Å². The van der Waals surface area contributed by atoms with Gasteiger partial charge in [-0.25, -0.2) is 8.42 Å². The van der Waals surface area contributed by atoms with E-state index in [0.29, 0.717) is 19.5 Å². The average Bonchev–Trinajstić information content (AvgIpc) is 2.17. The van der Waals surface area contributed by atoms with Gasteiger partial charge in [-0.2, -0.15) is 0 Å². The molecule has 0 N–H and O–H groups in total. The van der Waals surface area contributed by atoms with Crippen LogP contribution in [0.1, 0.15) is 13.3 Å². The van der Waals surface area contributed by atoms with Crippen LogP contribution in [-0.4, -0.2) is 57.0 Å². The summed E-state index contributed by atoms with van der Waals surface area (Å²) in [6.45, 7) is 2.94. The van der Waals surface area contributed by atoms with Crippen LogP contribution in [-0.2, 0) is 19.4 Å². The molecule has 1 heterocycles. The second kappa shape index (κ2) is 4.94.